The second kappa shape index (κ2) is 3.87. The third kappa shape index (κ3) is 3.64. The van der Waals surface area contributed by atoms with Crippen LogP contribution in [0.15, 0.2) is 0 Å². The van der Waals surface area contributed by atoms with Gasteiger partial charge in [-0.15, -0.1) is 0 Å². The summed E-state index contributed by atoms with van der Waals surface area (Å²) in [5.74, 6) is -0.123. The van der Waals surface area contributed by atoms with Crippen molar-refractivity contribution in [2.45, 2.75) is 57.6 Å². The molecule has 0 spiro atoms. The summed E-state index contributed by atoms with van der Waals surface area (Å²) in [7, 11) is 0. The maximum Gasteiger partial charge on any atom is 0.245 e. The van der Waals surface area contributed by atoms with Crippen molar-refractivity contribution in [2.75, 3.05) is 0 Å². The smallest absolute Gasteiger partial charge is 0.245 e. The first-order chi connectivity index (χ1) is 6.31. The van der Waals surface area contributed by atoms with E-state index in [0.29, 0.717) is 6.42 Å². The molecule has 82 valence electrons. The quantitative estimate of drug-likeness (QED) is 0.671. The van der Waals surface area contributed by atoms with Crippen LogP contribution in [-0.4, -0.2) is 17.0 Å². The fourth-order valence-electron chi connectivity index (χ4n) is 1.37. The van der Waals surface area contributed by atoms with Crippen molar-refractivity contribution in [2.24, 2.45) is 5.73 Å². The van der Waals surface area contributed by atoms with Crippen molar-refractivity contribution in [1.82, 2.24) is 5.48 Å². The molecule has 1 amide bonds. The Bertz CT molecular complexity index is 217. The third-order valence-corrected chi connectivity index (χ3v) is 2.33. The summed E-state index contributed by atoms with van der Waals surface area (Å²) in [6.45, 7) is 5.65. The minimum Gasteiger partial charge on any atom is -0.325 e. The van der Waals surface area contributed by atoms with E-state index >= 15 is 0 Å². The molecular formula is C10H20N2O2. The number of hydrogen-bond acceptors (Lipinski definition) is 3. The first kappa shape index (κ1) is 11.5. The highest BCUT2D eigenvalue weighted by atomic mass is 16.7. The molecule has 0 aromatic carbocycles. The van der Waals surface area contributed by atoms with Crippen molar-refractivity contribution >= 4 is 5.91 Å². The normalized spacial score (nSPS) is 20.0. The highest BCUT2D eigenvalue weighted by molar-refractivity contribution is 5.76. The van der Waals surface area contributed by atoms with Crippen LogP contribution in [0.3, 0.4) is 0 Å². The summed E-state index contributed by atoms with van der Waals surface area (Å²) in [6, 6.07) is 0. The lowest BCUT2D eigenvalue weighted by molar-refractivity contribution is -0.147. The van der Waals surface area contributed by atoms with Crippen LogP contribution in [-0.2, 0) is 9.63 Å². The van der Waals surface area contributed by atoms with Gasteiger partial charge >= 0.3 is 0 Å². The highest BCUT2D eigenvalue weighted by Crippen LogP contribution is 2.31. The van der Waals surface area contributed by atoms with Gasteiger partial charge in [-0.1, -0.05) is 0 Å². The number of rotatable bonds is 3. The molecule has 1 aliphatic carbocycles. The fourth-order valence-corrected chi connectivity index (χ4v) is 1.37. The molecule has 4 nitrogen and oxygen atoms in total. The molecule has 1 fully saturated rings. The summed E-state index contributed by atoms with van der Waals surface area (Å²) in [6.07, 6.45) is 3.37. The molecule has 0 bridgehead atoms. The highest BCUT2D eigenvalue weighted by Gasteiger charge is 2.34. The number of nitrogens with one attached hydrogen (secondary N) is 1. The van der Waals surface area contributed by atoms with Gasteiger partial charge in [0, 0.05) is 12.0 Å². The Morgan fingerprint density at radius 2 is 2.07 bits per heavy atom. The summed E-state index contributed by atoms with van der Waals surface area (Å²) in [5, 5.41) is 0. The molecule has 0 aromatic rings. The first-order valence-electron chi connectivity index (χ1n) is 5.07. The number of amides is 1. The van der Waals surface area contributed by atoms with Crippen LogP contribution >= 0.6 is 0 Å². The molecule has 0 saturated heterocycles. The molecule has 1 aliphatic rings. The third-order valence-electron chi connectivity index (χ3n) is 2.33. The zero-order valence-corrected chi connectivity index (χ0v) is 9.22. The Morgan fingerprint density at radius 3 is 2.43 bits per heavy atom. The van der Waals surface area contributed by atoms with E-state index in [1.165, 1.54) is 0 Å². The minimum atomic E-state index is -0.350. The Hall–Kier alpha value is -0.610. The SMILES string of the molecule is CC(C)(C)ONC(=O)CC1(N)CCC1. The lowest BCUT2D eigenvalue weighted by atomic mass is 9.75. The van der Waals surface area contributed by atoms with Crippen molar-refractivity contribution in [3.8, 4) is 0 Å². The number of hydrogen-bond donors (Lipinski definition) is 2. The topological polar surface area (TPSA) is 64.3 Å². The van der Waals surface area contributed by atoms with Gasteiger partial charge < -0.3 is 5.73 Å². The van der Waals surface area contributed by atoms with Gasteiger partial charge in [0.25, 0.3) is 0 Å². The second-order valence-electron chi connectivity index (χ2n) is 5.13. The zero-order chi connectivity index (χ0) is 10.8. The molecule has 3 N–H and O–H groups in total. The van der Waals surface area contributed by atoms with Gasteiger partial charge in [-0.25, -0.2) is 5.48 Å². The first-order valence-corrected chi connectivity index (χ1v) is 5.07. The van der Waals surface area contributed by atoms with Gasteiger partial charge in [-0.05, 0) is 40.0 Å². The molecule has 0 radical (unpaired) electrons. The van der Waals surface area contributed by atoms with E-state index in [1.54, 1.807) is 0 Å². The second-order valence-corrected chi connectivity index (χ2v) is 5.13. The summed E-state index contributed by atoms with van der Waals surface area (Å²) < 4.78 is 0. The molecule has 0 atom stereocenters. The molecule has 0 aromatic heterocycles. The average Bonchev–Trinajstić information content (AvgIpc) is 1.97. The fraction of sp³-hybridized carbons (Fsp3) is 0.900. The Labute approximate surface area is 85.1 Å². The van der Waals surface area contributed by atoms with Crippen LogP contribution < -0.4 is 11.2 Å². The van der Waals surface area contributed by atoms with Crippen LogP contribution in [0.1, 0.15) is 46.5 Å². The maximum absolute atomic E-state index is 11.4. The number of carbonyl (C=O) groups is 1. The molecule has 1 rings (SSSR count). The Balaban J connectivity index is 2.22. The number of hydroxylamine groups is 1. The van der Waals surface area contributed by atoms with Crippen LogP contribution in [0.5, 0.6) is 0 Å². The van der Waals surface area contributed by atoms with E-state index in [4.69, 9.17) is 10.6 Å². The van der Waals surface area contributed by atoms with Gasteiger partial charge in [0.1, 0.15) is 0 Å². The summed E-state index contributed by atoms with van der Waals surface area (Å²) in [4.78, 5) is 16.5. The van der Waals surface area contributed by atoms with Gasteiger partial charge in [-0.2, -0.15) is 0 Å². The van der Waals surface area contributed by atoms with E-state index in [2.05, 4.69) is 5.48 Å². The predicted octanol–water partition coefficient (Wildman–Crippen LogP) is 1.10. The molecule has 14 heavy (non-hydrogen) atoms. The van der Waals surface area contributed by atoms with Gasteiger partial charge in [0.15, 0.2) is 0 Å². The molecule has 4 heteroatoms. The standard InChI is InChI=1S/C10H20N2O2/c1-9(2,3)14-12-8(13)7-10(11)5-4-6-10/h4-7,11H2,1-3H3,(H,12,13). The van der Waals surface area contributed by atoms with Crippen molar-refractivity contribution in [3.05, 3.63) is 0 Å². The molecule has 1 saturated carbocycles. The van der Waals surface area contributed by atoms with E-state index in [-0.39, 0.29) is 17.0 Å². The van der Waals surface area contributed by atoms with Crippen LogP contribution in [0.4, 0.5) is 0 Å². The van der Waals surface area contributed by atoms with Crippen LogP contribution in [0.25, 0.3) is 0 Å². The average molecular weight is 200 g/mol. The van der Waals surface area contributed by atoms with Gasteiger partial charge in [-0.3, -0.25) is 9.63 Å². The Kier molecular flexibility index (Phi) is 3.17. The van der Waals surface area contributed by atoms with E-state index < -0.39 is 0 Å². The van der Waals surface area contributed by atoms with Crippen molar-refractivity contribution < 1.29 is 9.63 Å². The predicted molar refractivity (Wildman–Crippen MR) is 54.4 cm³/mol. The van der Waals surface area contributed by atoms with E-state index in [0.717, 1.165) is 19.3 Å². The number of carbonyl (C=O) groups excluding carboxylic acids is 1. The van der Waals surface area contributed by atoms with Crippen molar-refractivity contribution in [3.63, 3.8) is 0 Å². The molecular weight excluding hydrogens is 180 g/mol. The lowest BCUT2D eigenvalue weighted by Gasteiger charge is -2.37. The van der Waals surface area contributed by atoms with Crippen molar-refractivity contribution in [1.29, 1.82) is 0 Å². The maximum atomic E-state index is 11.4. The van der Waals surface area contributed by atoms with Crippen LogP contribution in [0.2, 0.25) is 0 Å². The summed E-state index contributed by atoms with van der Waals surface area (Å²) >= 11 is 0. The van der Waals surface area contributed by atoms with Gasteiger partial charge in [0.2, 0.25) is 5.91 Å². The molecule has 0 aliphatic heterocycles. The molecule has 0 unspecified atom stereocenters. The van der Waals surface area contributed by atoms with E-state index in [9.17, 15) is 4.79 Å². The van der Waals surface area contributed by atoms with Crippen LogP contribution in [0, 0.1) is 0 Å². The largest absolute Gasteiger partial charge is 0.325 e. The van der Waals surface area contributed by atoms with E-state index in [1.807, 2.05) is 20.8 Å². The molecule has 0 heterocycles. The monoisotopic (exact) mass is 200 g/mol. The summed E-state index contributed by atoms with van der Waals surface area (Å²) in [5.41, 5.74) is 7.73. The zero-order valence-electron chi connectivity index (χ0n) is 9.22. The number of nitrogens with two attached hydrogens (primary N) is 1. The van der Waals surface area contributed by atoms with Gasteiger partial charge in [0.05, 0.1) is 5.60 Å². The minimum absolute atomic E-state index is 0.123. The Morgan fingerprint density at radius 1 is 1.50 bits per heavy atom. The lowest BCUT2D eigenvalue weighted by Crippen LogP contribution is -2.50.